The van der Waals surface area contributed by atoms with E-state index < -0.39 is 18.4 Å². The second kappa shape index (κ2) is 75.5. The van der Waals surface area contributed by atoms with Crippen molar-refractivity contribution < 1.29 is 42.9 Å². The lowest BCUT2D eigenvalue weighted by atomic mass is 10.0. The number of hydrogen-bond donors (Lipinski definition) is 1. The molecule has 0 radical (unpaired) electrons. The van der Waals surface area contributed by atoms with Crippen LogP contribution >= 0.6 is 0 Å². The largest absolute Gasteiger partial charge is 0.477 e. The number of carboxylic acids is 1. The van der Waals surface area contributed by atoms with Crippen molar-refractivity contribution in [2.24, 2.45) is 0 Å². The van der Waals surface area contributed by atoms with Crippen LogP contribution in [-0.2, 0) is 33.3 Å². The third kappa shape index (κ3) is 76.9. The molecule has 0 bridgehead atoms. The third-order valence-electron chi connectivity index (χ3n) is 17.2. The minimum absolute atomic E-state index is 0.182. The number of likely N-dealkylation sites (N-methyl/N-ethyl adjacent to an activating group) is 1. The quantitative estimate of drug-likeness (QED) is 0.0211. The van der Waals surface area contributed by atoms with Gasteiger partial charge in [-0.2, -0.15) is 0 Å². The Labute approximate surface area is 587 Å². The molecule has 2 atom stereocenters. The first-order valence-corrected chi connectivity index (χ1v) is 39.7. The van der Waals surface area contributed by atoms with Gasteiger partial charge in [0.15, 0.2) is 6.10 Å². The zero-order valence-corrected chi connectivity index (χ0v) is 62.6. The number of carbonyl (C=O) groups excluding carboxylic acids is 2. The second-order valence-corrected chi connectivity index (χ2v) is 27.6. The number of rotatable bonds is 73. The van der Waals surface area contributed by atoms with E-state index in [-0.39, 0.29) is 38.2 Å². The van der Waals surface area contributed by atoms with Crippen molar-refractivity contribution in [2.45, 2.75) is 360 Å². The van der Waals surface area contributed by atoms with E-state index >= 15 is 0 Å². The molecule has 0 aliphatic heterocycles. The molecule has 2 unspecified atom stereocenters. The maximum Gasteiger partial charge on any atom is 0.361 e. The van der Waals surface area contributed by atoms with Gasteiger partial charge in [0.2, 0.25) is 0 Å². The van der Waals surface area contributed by atoms with Gasteiger partial charge < -0.3 is 28.5 Å². The summed E-state index contributed by atoms with van der Waals surface area (Å²) in [5.41, 5.74) is 0. The van der Waals surface area contributed by atoms with Crippen LogP contribution in [0.15, 0.2) is 122 Å². The van der Waals surface area contributed by atoms with Crippen LogP contribution < -0.4 is 0 Å². The summed E-state index contributed by atoms with van der Waals surface area (Å²) in [7, 11) is 5.99. The van der Waals surface area contributed by atoms with E-state index in [1.54, 1.807) is 0 Å². The van der Waals surface area contributed by atoms with Crippen LogP contribution in [0.3, 0.4) is 0 Å². The van der Waals surface area contributed by atoms with Gasteiger partial charge in [0.1, 0.15) is 13.2 Å². The van der Waals surface area contributed by atoms with Crippen LogP contribution in [0.25, 0.3) is 0 Å². The highest BCUT2D eigenvalue weighted by Gasteiger charge is 2.25. The number of carbonyl (C=O) groups is 3. The average molecular weight is 1330 g/mol. The van der Waals surface area contributed by atoms with Crippen LogP contribution in [0.1, 0.15) is 348 Å². The monoisotopic (exact) mass is 1330 g/mol. The molecule has 0 aliphatic carbocycles. The van der Waals surface area contributed by atoms with Gasteiger partial charge in [-0.05, 0) is 103 Å². The number of aliphatic carboxylic acids is 1. The first-order chi connectivity index (χ1) is 46.6. The number of ether oxygens (including phenoxy) is 4. The van der Waals surface area contributed by atoms with Crippen molar-refractivity contribution in [1.82, 2.24) is 0 Å². The van der Waals surface area contributed by atoms with Crippen molar-refractivity contribution in [2.75, 3.05) is 47.5 Å². The van der Waals surface area contributed by atoms with Gasteiger partial charge in [-0.15, -0.1) is 0 Å². The first kappa shape index (κ1) is 90.7. The van der Waals surface area contributed by atoms with Gasteiger partial charge in [-0.3, -0.25) is 9.59 Å². The van der Waals surface area contributed by atoms with Crippen LogP contribution in [0.5, 0.6) is 0 Å². The highest BCUT2D eigenvalue weighted by atomic mass is 16.7. The highest BCUT2D eigenvalue weighted by Crippen LogP contribution is 2.19. The van der Waals surface area contributed by atoms with Gasteiger partial charge in [0, 0.05) is 12.8 Å². The summed E-state index contributed by atoms with van der Waals surface area (Å²) >= 11 is 0. The Morgan fingerprint density at radius 1 is 0.316 bits per heavy atom. The van der Waals surface area contributed by atoms with Crippen molar-refractivity contribution in [3.63, 3.8) is 0 Å². The molecule has 0 saturated heterocycles. The maximum atomic E-state index is 13.0. The fourth-order valence-electron chi connectivity index (χ4n) is 11.2. The summed E-state index contributed by atoms with van der Waals surface area (Å²) in [6.45, 7) is 4.69. The van der Waals surface area contributed by atoms with Crippen LogP contribution in [-0.4, -0.2) is 87.4 Å². The molecule has 0 heterocycles. The minimum Gasteiger partial charge on any atom is -0.477 e. The predicted octanol–water partition coefficient (Wildman–Crippen LogP) is 25.5. The third-order valence-corrected chi connectivity index (χ3v) is 17.2. The molecule has 9 heteroatoms. The number of esters is 2. The number of quaternary nitrogens is 1. The lowest BCUT2D eigenvalue weighted by Gasteiger charge is -2.25. The molecule has 0 amide bonds. The molecule has 0 aromatic heterocycles. The fraction of sp³-hybridized carbons (Fsp3) is 0.733. The molecule has 0 aliphatic rings. The summed E-state index contributed by atoms with van der Waals surface area (Å²) < 4.78 is 23.1. The number of carboxylic acid groups (broad SMARTS) is 1. The van der Waals surface area contributed by atoms with Gasteiger partial charge in [-0.25, -0.2) is 4.79 Å². The molecular weight excluding hydrogens is 1170 g/mol. The molecule has 0 rings (SSSR count). The summed E-state index contributed by atoms with van der Waals surface area (Å²) in [6, 6.07) is 0. The number of allylic oxidation sites excluding steroid dienone is 20. The molecule has 0 fully saturated rings. The van der Waals surface area contributed by atoms with E-state index in [9.17, 15) is 19.5 Å². The Morgan fingerprint density at radius 2 is 0.568 bits per heavy atom. The maximum absolute atomic E-state index is 13.0. The minimum atomic E-state index is -1.51. The average Bonchev–Trinajstić information content (AvgIpc) is 2.92. The predicted molar refractivity (Wildman–Crippen MR) is 410 cm³/mol. The van der Waals surface area contributed by atoms with Crippen molar-refractivity contribution in [1.29, 1.82) is 0 Å². The standard InChI is InChI=1S/C86H149NO8/c1-6-8-10-12-14-16-18-20-22-24-26-28-30-32-34-36-38-39-40-41-42-43-44-45-47-49-51-53-55-57-59-61-63-65-67-69-71-73-75-77-84(89)95-82(81-94-86(85(90)91)92-79-78-87(3,4)5)80-93-83(88)76-74-72-70-68-66-64-62-60-58-56-54-52-50-48-46-37-35-33-31-29-27-25-23-21-19-17-15-13-11-9-7-2/h8-11,14-17,20-23,26-29,32,34,38-39,82,86H,6-7,12-13,18-19,24-25,30-31,33,35-37,40-81H2,1-5H3/p+1/b10-8-,11-9-,16-14-,17-15-,22-20-,23-21-,28-26-,29-27-,34-32-,39-38-. The summed E-state index contributed by atoms with van der Waals surface area (Å²) in [5.74, 6) is -1.99. The lowest BCUT2D eigenvalue weighted by molar-refractivity contribution is -0.870. The van der Waals surface area contributed by atoms with Gasteiger partial charge >= 0.3 is 17.9 Å². The van der Waals surface area contributed by atoms with E-state index in [2.05, 4.69) is 135 Å². The SMILES string of the molecule is CC/C=C\C/C=C\C/C=C\C/C=C\C/C=C\C/C=C\CCCCCCCCCCCCCCCCCCCCCCC(=O)OC(COC(=O)CCCCCCCCCCCCCCCCCCCC/C=C\C/C=C\C/C=C\C/C=C\CC)COC(OCC[N+](C)(C)C)C(=O)O. The molecule has 0 aromatic rings. The Hall–Kier alpha value is -4.31. The zero-order chi connectivity index (χ0) is 69.0. The van der Waals surface area contributed by atoms with E-state index in [4.69, 9.17) is 18.9 Å². The Bertz CT molecular complexity index is 1980. The Balaban J connectivity index is 4.01. The van der Waals surface area contributed by atoms with Crippen LogP contribution in [0.4, 0.5) is 0 Å². The molecule has 0 spiro atoms. The summed E-state index contributed by atoms with van der Waals surface area (Å²) in [6.07, 6.45) is 105. The van der Waals surface area contributed by atoms with E-state index in [0.717, 1.165) is 103 Å². The van der Waals surface area contributed by atoms with Crippen LogP contribution in [0, 0.1) is 0 Å². The molecule has 9 nitrogen and oxygen atoms in total. The van der Waals surface area contributed by atoms with E-state index in [1.165, 1.54) is 218 Å². The first-order valence-electron chi connectivity index (χ1n) is 39.7. The van der Waals surface area contributed by atoms with Gasteiger partial charge in [0.05, 0.1) is 34.4 Å². The van der Waals surface area contributed by atoms with Crippen molar-refractivity contribution >= 4 is 17.9 Å². The Kier molecular flexibility index (Phi) is 72.0. The van der Waals surface area contributed by atoms with E-state index in [0.29, 0.717) is 17.4 Å². The van der Waals surface area contributed by atoms with E-state index in [1.807, 2.05) is 21.1 Å². The molecular formula is C86H150NO8+. The highest BCUT2D eigenvalue weighted by molar-refractivity contribution is 5.71. The molecule has 0 saturated carbocycles. The smallest absolute Gasteiger partial charge is 0.361 e. The topological polar surface area (TPSA) is 108 Å². The van der Waals surface area contributed by atoms with Gasteiger partial charge in [0.25, 0.3) is 6.29 Å². The van der Waals surface area contributed by atoms with Crippen molar-refractivity contribution in [3.8, 4) is 0 Å². The zero-order valence-electron chi connectivity index (χ0n) is 62.6. The lowest BCUT2D eigenvalue weighted by Crippen LogP contribution is -2.40. The fourth-order valence-corrected chi connectivity index (χ4v) is 11.2. The normalized spacial score (nSPS) is 13.3. The molecule has 546 valence electrons. The number of hydrogen-bond acceptors (Lipinski definition) is 7. The van der Waals surface area contributed by atoms with Gasteiger partial charge in [-0.1, -0.05) is 354 Å². The molecule has 95 heavy (non-hydrogen) atoms. The number of unbranched alkanes of at least 4 members (excludes halogenated alkanes) is 38. The summed E-state index contributed by atoms with van der Waals surface area (Å²) in [5, 5.41) is 9.78. The van der Waals surface area contributed by atoms with Crippen molar-refractivity contribution in [3.05, 3.63) is 122 Å². The Morgan fingerprint density at radius 3 is 0.842 bits per heavy atom. The summed E-state index contributed by atoms with van der Waals surface area (Å²) in [4.78, 5) is 37.7. The molecule has 1 N–H and O–H groups in total. The van der Waals surface area contributed by atoms with Crippen LogP contribution in [0.2, 0.25) is 0 Å². The number of nitrogens with zero attached hydrogens (tertiary/aromatic N) is 1. The molecule has 0 aromatic carbocycles. The second-order valence-electron chi connectivity index (χ2n) is 27.6.